The van der Waals surface area contributed by atoms with Crippen molar-refractivity contribution in [2.75, 3.05) is 5.32 Å². The summed E-state index contributed by atoms with van der Waals surface area (Å²) in [7, 11) is 0. The number of nitro groups is 1. The summed E-state index contributed by atoms with van der Waals surface area (Å²) >= 11 is 5.86. The van der Waals surface area contributed by atoms with Crippen LogP contribution in [0.4, 0.5) is 11.4 Å². The second-order valence-corrected chi connectivity index (χ2v) is 6.09. The van der Waals surface area contributed by atoms with Crippen molar-refractivity contribution in [2.45, 2.75) is 19.5 Å². The molecular formula is C16H15ClN6O3. The van der Waals surface area contributed by atoms with Gasteiger partial charge in [-0.2, -0.15) is 10.2 Å². The summed E-state index contributed by atoms with van der Waals surface area (Å²) in [4.78, 5) is 22.4. The van der Waals surface area contributed by atoms with Crippen molar-refractivity contribution in [2.24, 2.45) is 0 Å². The number of benzene rings is 1. The Morgan fingerprint density at radius 3 is 2.65 bits per heavy atom. The highest BCUT2D eigenvalue weighted by Crippen LogP contribution is 2.16. The van der Waals surface area contributed by atoms with Gasteiger partial charge in [-0.25, -0.2) is 0 Å². The Hall–Kier alpha value is -3.20. The normalized spacial score (nSPS) is 11.9. The zero-order chi connectivity index (χ0) is 18.7. The number of halogens is 1. The predicted molar refractivity (Wildman–Crippen MR) is 95.0 cm³/mol. The lowest BCUT2D eigenvalue weighted by atomic mass is 10.2. The monoisotopic (exact) mass is 374 g/mol. The molecule has 1 amide bonds. The first-order chi connectivity index (χ1) is 12.4. The summed E-state index contributed by atoms with van der Waals surface area (Å²) in [5, 5.41) is 22.1. The Morgan fingerprint density at radius 2 is 2.00 bits per heavy atom. The third-order valence-corrected chi connectivity index (χ3v) is 3.99. The van der Waals surface area contributed by atoms with Gasteiger partial charge in [0.25, 0.3) is 0 Å². The molecule has 0 saturated carbocycles. The average Bonchev–Trinajstić information content (AvgIpc) is 3.26. The van der Waals surface area contributed by atoms with E-state index in [4.69, 9.17) is 11.6 Å². The largest absolute Gasteiger partial charge is 0.322 e. The van der Waals surface area contributed by atoms with Gasteiger partial charge in [0, 0.05) is 11.2 Å². The molecule has 2 aromatic heterocycles. The fraction of sp³-hybridized carbons (Fsp3) is 0.188. The molecule has 3 rings (SSSR count). The molecule has 0 aliphatic heterocycles. The van der Waals surface area contributed by atoms with Crippen LogP contribution in [0.15, 0.2) is 49.1 Å². The topological polar surface area (TPSA) is 108 Å². The van der Waals surface area contributed by atoms with Crippen LogP contribution in [0.1, 0.15) is 18.5 Å². The molecule has 0 aliphatic rings. The van der Waals surface area contributed by atoms with Gasteiger partial charge in [0.1, 0.15) is 18.4 Å². The number of carbonyl (C=O) groups excluding carboxylic acids is 1. The summed E-state index contributed by atoms with van der Waals surface area (Å²) < 4.78 is 2.92. The van der Waals surface area contributed by atoms with Gasteiger partial charge in [0.15, 0.2) is 0 Å². The Balaban J connectivity index is 1.63. The van der Waals surface area contributed by atoms with Crippen LogP contribution < -0.4 is 5.32 Å². The van der Waals surface area contributed by atoms with Crippen LogP contribution in [-0.4, -0.2) is 30.4 Å². The maximum atomic E-state index is 12.3. The standard InChI is InChI=1S/C16H15ClN6O3/c1-11(22-10-15(7-19-22)23(25)26)16(24)20-14-6-18-21(9-14)8-12-2-4-13(17)5-3-12/h2-7,9-11H,8H2,1H3,(H,20,24). The van der Waals surface area contributed by atoms with E-state index < -0.39 is 11.0 Å². The number of carbonyl (C=O) groups is 1. The van der Waals surface area contributed by atoms with E-state index in [0.29, 0.717) is 17.3 Å². The molecule has 1 N–H and O–H groups in total. The lowest BCUT2D eigenvalue weighted by Crippen LogP contribution is -2.23. The molecule has 1 atom stereocenters. The van der Waals surface area contributed by atoms with Gasteiger partial charge in [-0.05, 0) is 24.6 Å². The average molecular weight is 375 g/mol. The fourth-order valence-corrected chi connectivity index (χ4v) is 2.42. The zero-order valence-corrected chi connectivity index (χ0v) is 14.5. The van der Waals surface area contributed by atoms with E-state index in [1.165, 1.54) is 17.1 Å². The third kappa shape index (κ3) is 4.06. The number of hydrogen-bond acceptors (Lipinski definition) is 5. The van der Waals surface area contributed by atoms with Crippen molar-refractivity contribution >= 4 is 28.9 Å². The second kappa shape index (κ2) is 7.36. The minimum Gasteiger partial charge on any atom is -0.322 e. The summed E-state index contributed by atoms with van der Waals surface area (Å²) in [5.41, 5.74) is 1.38. The fourth-order valence-electron chi connectivity index (χ4n) is 2.29. The van der Waals surface area contributed by atoms with Gasteiger partial charge in [-0.15, -0.1) is 0 Å². The molecule has 10 heteroatoms. The smallest absolute Gasteiger partial charge is 0.307 e. The Bertz CT molecular complexity index is 934. The molecule has 0 saturated heterocycles. The number of hydrogen-bond donors (Lipinski definition) is 1. The van der Waals surface area contributed by atoms with E-state index in [2.05, 4.69) is 15.5 Å². The Morgan fingerprint density at radius 1 is 1.27 bits per heavy atom. The van der Waals surface area contributed by atoms with Crippen LogP contribution in [0.3, 0.4) is 0 Å². The summed E-state index contributed by atoms with van der Waals surface area (Å²) in [6.45, 7) is 2.14. The van der Waals surface area contributed by atoms with Crippen molar-refractivity contribution in [3.8, 4) is 0 Å². The molecule has 0 aliphatic carbocycles. The quantitative estimate of drug-likeness (QED) is 0.527. The molecule has 26 heavy (non-hydrogen) atoms. The third-order valence-electron chi connectivity index (χ3n) is 3.73. The maximum Gasteiger partial charge on any atom is 0.307 e. The maximum absolute atomic E-state index is 12.3. The number of amides is 1. The molecule has 134 valence electrons. The van der Waals surface area contributed by atoms with Crippen LogP contribution >= 0.6 is 11.6 Å². The molecule has 3 aromatic rings. The van der Waals surface area contributed by atoms with E-state index in [0.717, 1.165) is 11.8 Å². The van der Waals surface area contributed by atoms with E-state index >= 15 is 0 Å². The molecule has 1 unspecified atom stereocenters. The first-order valence-corrected chi connectivity index (χ1v) is 8.06. The summed E-state index contributed by atoms with van der Waals surface area (Å²) in [6, 6.07) is 6.69. The van der Waals surface area contributed by atoms with Crippen molar-refractivity contribution < 1.29 is 9.72 Å². The SMILES string of the molecule is CC(C(=O)Nc1cnn(Cc2ccc(Cl)cc2)c1)n1cc([N+](=O)[O-])cn1. The lowest BCUT2D eigenvalue weighted by Gasteiger charge is -2.10. The van der Waals surface area contributed by atoms with E-state index in [1.54, 1.807) is 29.9 Å². The number of aromatic nitrogens is 4. The van der Waals surface area contributed by atoms with E-state index in [1.807, 2.05) is 12.1 Å². The first-order valence-electron chi connectivity index (χ1n) is 7.68. The number of anilines is 1. The van der Waals surface area contributed by atoms with Gasteiger partial charge in [-0.3, -0.25) is 24.3 Å². The highest BCUT2D eigenvalue weighted by atomic mass is 35.5. The first kappa shape index (κ1) is 17.6. The van der Waals surface area contributed by atoms with Crippen molar-refractivity contribution in [3.05, 3.63) is 69.8 Å². The molecular weight excluding hydrogens is 360 g/mol. The Kier molecular flexibility index (Phi) is 4.99. The van der Waals surface area contributed by atoms with Crippen LogP contribution in [0.2, 0.25) is 5.02 Å². The minimum atomic E-state index is -0.705. The molecule has 1 aromatic carbocycles. The molecule has 0 fully saturated rings. The van der Waals surface area contributed by atoms with Crippen LogP contribution in [-0.2, 0) is 11.3 Å². The molecule has 0 spiro atoms. The number of nitrogens with zero attached hydrogens (tertiary/aromatic N) is 5. The van der Waals surface area contributed by atoms with Gasteiger partial charge in [-0.1, -0.05) is 23.7 Å². The second-order valence-electron chi connectivity index (χ2n) is 5.65. The van der Waals surface area contributed by atoms with Crippen molar-refractivity contribution in [1.29, 1.82) is 0 Å². The van der Waals surface area contributed by atoms with Crippen LogP contribution in [0, 0.1) is 10.1 Å². The lowest BCUT2D eigenvalue weighted by molar-refractivity contribution is -0.385. The molecule has 9 nitrogen and oxygen atoms in total. The molecule has 0 bridgehead atoms. The highest BCUT2D eigenvalue weighted by Gasteiger charge is 2.19. The van der Waals surface area contributed by atoms with Crippen molar-refractivity contribution in [3.63, 3.8) is 0 Å². The van der Waals surface area contributed by atoms with Gasteiger partial charge >= 0.3 is 5.69 Å². The van der Waals surface area contributed by atoms with Crippen LogP contribution in [0.25, 0.3) is 0 Å². The predicted octanol–water partition coefficient (Wildman–Crippen LogP) is 2.89. The molecule has 0 radical (unpaired) electrons. The number of nitrogens with one attached hydrogen (secondary N) is 1. The van der Waals surface area contributed by atoms with Crippen molar-refractivity contribution in [1.82, 2.24) is 19.6 Å². The van der Waals surface area contributed by atoms with Gasteiger partial charge < -0.3 is 5.32 Å². The number of rotatable bonds is 6. The molecule has 2 heterocycles. The zero-order valence-electron chi connectivity index (χ0n) is 13.7. The van der Waals surface area contributed by atoms with Gasteiger partial charge in [0.2, 0.25) is 5.91 Å². The van der Waals surface area contributed by atoms with Gasteiger partial charge in [0.05, 0.1) is 23.4 Å². The Labute approximate surface area is 153 Å². The summed E-state index contributed by atoms with van der Waals surface area (Å²) in [6.07, 6.45) is 5.55. The van der Waals surface area contributed by atoms with Crippen LogP contribution in [0.5, 0.6) is 0 Å². The van der Waals surface area contributed by atoms with E-state index in [9.17, 15) is 14.9 Å². The summed E-state index contributed by atoms with van der Waals surface area (Å²) in [5.74, 6) is -0.353. The van der Waals surface area contributed by atoms with E-state index in [-0.39, 0.29) is 11.6 Å². The highest BCUT2D eigenvalue weighted by molar-refractivity contribution is 6.30. The minimum absolute atomic E-state index is 0.166.